The highest BCUT2D eigenvalue weighted by molar-refractivity contribution is 5.81. The first-order chi connectivity index (χ1) is 5.79. The van der Waals surface area contributed by atoms with Crippen molar-refractivity contribution < 1.29 is 9.59 Å². The number of carbonyl (C=O) groups excluding carboxylic acids is 2. The molecule has 1 aliphatic rings. The number of hydrogen-bond donors (Lipinski definition) is 1. The minimum absolute atomic E-state index is 0.0205. The van der Waals surface area contributed by atoms with Gasteiger partial charge in [-0.1, -0.05) is 0 Å². The van der Waals surface area contributed by atoms with E-state index < -0.39 is 0 Å². The third-order valence-electron chi connectivity index (χ3n) is 2.10. The van der Waals surface area contributed by atoms with Crippen LogP contribution in [-0.2, 0) is 9.59 Å². The van der Waals surface area contributed by atoms with Gasteiger partial charge in [-0.15, -0.1) is 0 Å². The normalized spacial score (nSPS) is 22.8. The Morgan fingerprint density at radius 1 is 1.75 bits per heavy atom. The lowest BCUT2D eigenvalue weighted by molar-refractivity contribution is -0.133. The van der Waals surface area contributed by atoms with Crippen molar-refractivity contribution in [1.82, 2.24) is 10.2 Å². The Hall–Kier alpha value is -0.900. The summed E-state index contributed by atoms with van der Waals surface area (Å²) in [5.41, 5.74) is 0. The van der Waals surface area contributed by atoms with Gasteiger partial charge in [0.25, 0.3) is 0 Å². The Kier molecular flexibility index (Phi) is 3.22. The molecule has 0 unspecified atom stereocenters. The fourth-order valence-electron chi connectivity index (χ4n) is 1.50. The van der Waals surface area contributed by atoms with Gasteiger partial charge in [0.15, 0.2) is 0 Å². The molecule has 12 heavy (non-hydrogen) atoms. The van der Waals surface area contributed by atoms with Gasteiger partial charge in [0.2, 0.25) is 5.91 Å². The summed E-state index contributed by atoms with van der Waals surface area (Å²) in [7, 11) is 1.73. The van der Waals surface area contributed by atoms with Crippen molar-refractivity contribution in [3.05, 3.63) is 0 Å². The number of nitrogens with one attached hydrogen (secondary N) is 1. The molecule has 0 aliphatic carbocycles. The maximum absolute atomic E-state index is 11.3. The number of aldehydes is 1. The van der Waals surface area contributed by atoms with E-state index in [0.29, 0.717) is 6.54 Å². The van der Waals surface area contributed by atoms with Crippen molar-refractivity contribution in [2.75, 3.05) is 20.1 Å². The zero-order chi connectivity index (χ0) is 8.97. The molecule has 1 heterocycles. The molecule has 0 bridgehead atoms. The van der Waals surface area contributed by atoms with Crippen LogP contribution in [0.3, 0.4) is 0 Å². The SMILES string of the molecule is CNCC(=O)N1CCC[C@H]1C=O. The summed E-state index contributed by atoms with van der Waals surface area (Å²) in [4.78, 5) is 23.5. The van der Waals surface area contributed by atoms with E-state index in [0.717, 1.165) is 25.7 Å². The molecule has 1 saturated heterocycles. The monoisotopic (exact) mass is 170 g/mol. The van der Waals surface area contributed by atoms with Crippen LogP contribution in [0, 0.1) is 0 Å². The molecule has 0 saturated carbocycles. The maximum Gasteiger partial charge on any atom is 0.237 e. The van der Waals surface area contributed by atoms with E-state index in [1.54, 1.807) is 11.9 Å². The molecule has 1 rings (SSSR count). The van der Waals surface area contributed by atoms with Crippen molar-refractivity contribution in [3.8, 4) is 0 Å². The third-order valence-corrected chi connectivity index (χ3v) is 2.10. The number of likely N-dealkylation sites (N-methyl/N-ethyl adjacent to an activating group) is 1. The van der Waals surface area contributed by atoms with Crippen LogP contribution in [0.2, 0.25) is 0 Å². The second kappa shape index (κ2) is 4.21. The van der Waals surface area contributed by atoms with Crippen molar-refractivity contribution in [1.29, 1.82) is 0 Å². The van der Waals surface area contributed by atoms with E-state index in [-0.39, 0.29) is 11.9 Å². The Bertz CT molecular complexity index is 182. The highest BCUT2D eigenvalue weighted by Gasteiger charge is 2.27. The summed E-state index contributed by atoms with van der Waals surface area (Å²) in [5.74, 6) is 0.0205. The first-order valence-electron chi connectivity index (χ1n) is 4.19. The van der Waals surface area contributed by atoms with Crippen LogP contribution in [0.15, 0.2) is 0 Å². The van der Waals surface area contributed by atoms with Crippen molar-refractivity contribution >= 4 is 12.2 Å². The predicted octanol–water partition coefficient (Wildman–Crippen LogP) is -0.604. The van der Waals surface area contributed by atoms with Gasteiger partial charge in [-0.05, 0) is 19.9 Å². The number of likely N-dealkylation sites (tertiary alicyclic amines) is 1. The zero-order valence-corrected chi connectivity index (χ0v) is 7.25. The van der Waals surface area contributed by atoms with E-state index in [4.69, 9.17) is 0 Å². The maximum atomic E-state index is 11.3. The molecule has 0 aromatic heterocycles. The number of amides is 1. The highest BCUT2D eigenvalue weighted by Crippen LogP contribution is 2.14. The van der Waals surface area contributed by atoms with Crippen LogP contribution in [0.5, 0.6) is 0 Å². The van der Waals surface area contributed by atoms with E-state index in [1.807, 2.05) is 0 Å². The largest absolute Gasteiger partial charge is 0.332 e. The minimum Gasteiger partial charge on any atom is -0.332 e. The average molecular weight is 170 g/mol. The summed E-state index contributed by atoms with van der Waals surface area (Å²) < 4.78 is 0. The first kappa shape index (κ1) is 9.19. The fourth-order valence-corrected chi connectivity index (χ4v) is 1.50. The van der Waals surface area contributed by atoms with Crippen LogP contribution in [0.1, 0.15) is 12.8 Å². The molecule has 0 spiro atoms. The quantitative estimate of drug-likeness (QED) is 0.575. The molecule has 1 amide bonds. The fraction of sp³-hybridized carbons (Fsp3) is 0.750. The molecule has 1 N–H and O–H groups in total. The predicted molar refractivity (Wildman–Crippen MR) is 44.7 cm³/mol. The van der Waals surface area contributed by atoms with Gasteiger partial charge in [-0.25, -0.2) is 0 Å². The van der Waals surface area contributed by atoms with Gasteiger partial charge in [0, 0.05) is 6.54 Å². The number of carbonyl (C=O) groups is 2. The zero-order valence-electron chi connectivity index (χ0n) is 7.25. The van der Waals surface area contributed by atoms with Gasteiger partial charge >= 0.3 is 0 Å². The molecule has 1 fully saturated rings. The molecule has 68 valence electrons. The van der Waals surface area contributed by atoms with Gasteiger partial charge in [0.1, 0.15) is 6.29 Å². The topological polar surface area (TPSA) is 49.4 Å². The van der Waals surface area contributed by atoms with Gasteiger partial charge in [0.05, 0.1) is 12.6 Å². The summed E-state index contributed by atoms with van der Waals surface area (Å²) in [6.45, 7) is 1.05. The highest BCUT2D eigenvalue weighted by atomic mass is 16.2. The molecule has 4 nitrogen and oxygen atoms in total. The Morgan fingerprint density at radius 3 is 3.08 bits per heavy atom. The molecule has 0 radical (unpaired) electrons. The number of hydrogen-bond acceptors (Lipinski definition) is 3. The van der Waals surface area contributed by atoms with Crippen molar-refractivity contribution in [3.63, 3.8) is 0 Å². The molecule has 0 aromatic rings. The lowest BCUT2D eigenvalue weighted by atomic mass is 10.2. The van der Waals surface area contributed by atoms with Gasteiger partial charge < -0.3 is 15.0 Å². The summed E-state index contributed by atoms with van der Waals surface area (Å²) in [5, 5.41) is 2.78. The van der Waals surface area contributed by atoms with Crippen LogP contribution in [-0.4, -0.2) is 43.3 Å². The van der Waals surface area contributed by atoms with Gasteiger partial charge in [-0.3, -0.25) is 4.79 Å². The van der Waals surface area contributed by atoms with E-state index in [9.17, 15) is 9.59 Å². The van der Waals surface area contributed by atoms with E-state index in [1.165, 1.54) is 0 Å². The lowest BCUT2D eigenvalue weighted by Gasteiger charge is -2.19. The molecular weight excluding hydrogens is 156 g/mol. The second-order valence-electron chi connectivity index (χ2n) is 2.96. The summed E-state index contributed by atoms with van der Waals surface area (Å²) in [6.07, 6.45) is 2.62. The summed E-state index contributed by atoms with van der Waals surface area (Å²) >= 11 is 0. The number of rotatable bonds is 3. The Morgan fingerprint density at radius 2 is 2.50 bits per heavy atom. The van der Waals surface area contributed by atoms with Crippen LogP contribution in [0.25, 0.3) is 0 Å². The van der Waals surface area contributed by atoms with Crippen LogP contribution < -0.4 is 5.32 Å². The van der Waals surface area contributed by atoms with Crippen molar-refractivity contribution in [2.45, 2.75) is 18.9 Å². The lowest BCUT2D eigenvalue weighted by Crippen LogP contribution is -2.40. The van der Waals surface area contributed by atoms with Crippen molar-refractivity contribution in [2.24, 2.45) is 0 Å². The Labute approximate surface area is 71.9 Å². The first-order valence-corrected chi connectivity index (χ1v) is 4.19. The van der Waals surface area contributed by atoms with Gasteiger partial charge in [-0.2, -0.15) is 0 Å². The third kappa shape index (κ3) is 1.82. The smallest absolute Gasteiger partial charge is 0.237 e. The standard InChI is InChI=1S/C8H14N2O2/c1-9-5-8(12)10-4-2-3-7(10)6-11/h6-7,9H,2-5H2,1H3/t7-/m0/s1. The average Bonchev–Trinajstić information content (AvgIpc) is 2.51. The molecule has 4 heteroatoms. The molecule has 0 aromatic carbocycles. The van der Waals surface area contributed by atoms with E-state index in [2.05, 4.69) is 5.32 Å². The van der Waals surface area contributed by atoms with Crippen LogP contribution >= 0.6 is 0 Å². The minimum atomic E-state index is -0.175. The number of nitrogens with zero attached hydrogens (tertiary/aromatic N) is 1. The molecular formula is C8H14N2O2. The van der Waals surface area contributed by atoms with E-state index >= 15 is 0 Å². The van der Waals surface area contributed by atoms with Crippen LogP contribution in [0.4, 0.5) is 0 Å². The summed E-state index contributed by atoms with van der Waals surface area (Å²) in [6, 6.07) is -0.175. The molecule has 1 atom stereocenters. The Balaban J connectivity index is 2.49. The molecule has 1 aliphatic heterocycles. The second-order valence-corrected chi connectivity index (χ2v) is 2.96.